The van der Waals surface area contributed by atoms with Gasteiger partial charge in [-0.15, -0.1) is 0 Å². The van der Waals surface area contributed by atoms with Crippen LogP contribution in [-0.2, 0) is 6.54 Å². The summed E-state index contributed by atoms with van der Waals surface area (Å²) in [6.45, 7) is 0.902. The van der Waals surface area contributed by atoms with Crippen molar-refractivity contribution in [1.29, 1.82) is 0 Å². The molecule has 0 radical (unpaired) electrons. The number of hydrogen-bond acceptors (Lipinski definition) is 4. The van der Waals surface area contributed by atoms with Crippen molar-refractivity contribution in [3.05, 3.63) is 28.2 Å². The molecule has 1 rings (SSSR count). The Balaban J connectivity index is 2.96. The van der Waals surface area contributed by atoms with E-state index in [2.05, 4.69) is 5.10 Å². The highest BCUT2D eigenvalue weighted by Crippen LogP contribution is 2.04. The van der Waals surface area contributed by atoms with Gasteiger partial charge in [0.1, 0.15) is 5.69 Å². The van der Waals surface area contributed by atoms with E-state index in [1.165, 1.54) is 12.1 Å². The van der Waals surface area contributed by atoms with Gasteiger partial charge in [-0.25, -0.2) is 13.5 Å². The number of halogens is 2. The first-order chi connectivity index (χ1) is 9.99. The molecule has 6 nitrogen and oxygen atoms in total. The highest BCUT2D eigenvalue weighted by molar-refractivity contribution is 5.92. The number of unbranched alkanes of at least 4 members (excludes halogenated alkanes) is 1. The molecule has 0 aromatic carbocycles. The maximum absolute atomic E-state index is 12.4. The monoisotopic (exact) mass is 303 g/mol. The summed E-state index contributed by atoms with van der Waals surface area (Å²) in [6.07, 6.45) is -1.12. The molecule has 1 amide bonds. The van der Waals surface area contributed by atoms with Crippen molar-refractivity contribution in [2.75, 3.05) is 19.7 Å². The van der Waals surface area contributed by atoms with Gasteiger partial charge >= 0.3 is 0 Å². The summed E-state index contributed by atoms with van der Waals surface area (Å²) in [5, 5.41) is 12.8. The van der Waals surface area contributed by atoms with Crippen LogP contribution >= 0.6 is 0 Å². The Morgan fingerprint density at radius 2 is 2.19 bits per heavy atom. The molecule has 0 spiro atoms. The molecular weight excluding hydrogens is 284 g/mol. The SMILES string of the molecule is CCCCn1nc(C(=O)N(CCO)CC(F)F)ccc1=O. The van der Waals surface area contributed by atoms with Gasteiger partial charge in [0.2, 0.25) is 0 Å². The molecule has 1 aromatic heterocycles. The molecule has 8 heteroatoms. The molecule has 1 aromatic rings. The summed E-state index contributed by atoms with van der Waals surface area (Å²) in [5.74, 6) is -0.727. The number of rotatable bonds is 8. The Bertz CT molecular complexity index is 520. The number of aryl methyl sites for hydroxylation is 1. The molecule has 0 atom stereocenters. The number of carbonyl (C=O) groups is 1. The number of aromatic nitrogens is 2. The van der Waals surface area contributed by atoms with E-state index in [-0.39, 0.29) is 17.8 Å². The molecule has 0 aliphatic carbocycles. The third-order valence-electron chi connectivity index (χ3n) is 2.82. The van der Waals surface area contributed by atoms with E-state index >= 15 is 0 Å². The van der Waals surface area contributed by atoms with E-state index in [0.29, 0.717) is 6.54 Å². The Morgan fingerprint density at radius 3 is 2.76 bits per heavy atom. The molecule has 1 heterocycles. The normalized spacial score (nSPS) is 10.9. The number of hydrogen-bond donors (Lipinski definition) is 1. The van der Waals surface area contributed by atoms with Crippen LogP contribution in [0.1, 0.15) is 30.3 Å². The van der Waals surface area contributed by atoms with Gasteiger partial charge in [-0.2, -0.15) is 5.10 Å². The van der Waals surface area contributed by atoms with Crippen LogP contribution in [0, 0.1) is 0 Å². The summed E-state index contributed by atoms with van der Waals surface area (Å²) in [6, 6.07) is 2.40. The summed E-state index contributed by atoms with van der Waals surface area (Å²) in [7, 11) is 0. The first-order valence-corrected chi connectivity index (χ1v) is 6.76. The third kappa shape index (κ3) is 5.22. The topological polar surface area (TPSA) is 75.4 Å². The van der Waals surface area contributed by atoms with Crippen LogP contribution in [0.25, 0.3) is 0 Å². The van der Waals surface area contributed by atoms with Crippen molar-refractivity contribution in [3.63, 3.8) is 0 Å². The highest BCUT2D eigenvalue weighted by atomic mass is 19.3. The number of aliphatic hydroxyl groups excluding tert-OH is 1. The van der Waals surface area contributed by atoms with E-state index < -0.39 is 25.5 Å². The minimum Gasteiger partial charge on any atom is -0.395 e. The quantitative estimate of drug-likeness (QED) is 0.768. The lowest BCUT2D eigenvalue weighted by atomic mass is 10.3. The first-order valence-electron chi connectivity index (χ1n) is 6.76. The number of nitrogens with zero attached hydrogens (tertiary/aromatic N) is 3. The van der Waals surface area contributed by atoms with Crippen molar-refractivity contribution < 1.29 is 18.7 Å². The maximum atomic E-state index is 12.4. The van der Waals surface area contributed by atoms with E-state index in [4.69, 9.17) is 5.11 Å². The van der Waals surface area contributed by atoms with Crippen LogP contribution < -0.4 is 5.56 Å². The number of alkyl halides is 2. The average Bonchev–Trinajstić information content (AvgIpc) is 2.45. The van der Waals surface area contributed by atoms with Crippen LogP contribution in [0.3, 0.4) is 0 Å². The van der Waals surface area contributed by atoms with Crippen molar-refractivity contribution in [2.45, 2.75) is 32.7 Å². The fourth-order valence-corrected chi connectivity index (χ4v) is 1.76. The van der Waals surface area contributed by atoms with Gasteiger partial charge in [-0.1, -0.05) is 13.3 Å². The lowest BCUT2D eigenvalue weighted by molar-refractivity contribution is 0.0502. The minimum atomic E-state index is -2.70. The molecule has 0 bridgehead atoms. The summed E-state index contributed by atoms with van der Waals surface area (Å²) >= 11 is 0. The summed E-state index contributed by atoms with van der Waals surface area (Å²) in [4.78, 5) is 24.5. The zero-order chi connectivity index (χ0) is 15.8. The number of aliphatic hydroxyl groups is 1. The van der Waals surface area contributed by atoms with Gasteiger partial charge in [0.05, 0.1) is 13.2 Å². The van der Waals surface area contributed by atoms with Gasteiger partial charge in [-0.05, 0) is 12.5 Å². The standard InChI is InChI=1S/C13H19F2N3O3/c1-2-3-6-18-12(20)5-4-10(16-18)13(21)17(7-8-19)9-11(14)15/h4-5,11,19H,2-3,6-9H2,1H3. The summed E-state index contributed by atoms with van der Waals surface area (Å²) in [5.41, 5.74) is -0.428. The second-order valence-corrected chi connectivity index (χ2v) is 4.50. The Morgan fingerprint density at radius 1 is 1.48 bits per heavy atom. The van der Waals surface area contributed by atoms with Gasteiger partial charge < -0.3 is 10.0 Å². The molecule has 1 N–H and O–H groups in total. The molecular formula is C13H19F2N3O3. The fraction of sp³-hybridized carbons (Fsp3) is 0.615. The minimum absolute atomic E-state index is 0.0835. The van der Waals surface area contributed by atoms with Crippen molar-refractivity contribution >= 4 is 5.91 Å². The van der Waals surface area contributed by atoms with Crippen LogP contribution in [0.5, 0.6) is 0 Å². The van der Waals surface area contributed by atoms with Gasteiger partial charge in [-0.3, -0.25) is 9.59 Å². The van der Waals surface area contributed by atoms with Crippen molar-refractivity contribution in [1.82, 2.24) is 14.7 Å². The first kappa shape index (κ1) is 17.2. The number of carbonyl (C=O) groups excluding carboxylic acids is 1. The largest absolute Gasteiger partial charge is 0.395 e. The maximum Gasteiger partial charge on any atom is 0.274 e. The van der Waals surface area contributed by atoms with Crippen LogP contribution in [-0.4, -0.2) is 51.8 Å². The Hall–Kier alpha value is -1.83. The van der Waals surface area contributed by atoms with E-state index in [0.717, 1.165) is 22.4 Å². The molecule has 0 aliphatic rings. The third-order valence-corrected chi connectivity index (χ3v) is 2.82. The lowest BCUT2D eigenvalue weighted by Crippen LogP contribution is -2.38. The second kappa shape index (κ2) is 8.46. The van der Waals surface area contributed by atoms with Crippen LogP contribution in [0.2, 0.25) is 0 Å². The lowest BCUT2D eigenvalue weighted by Gasteiger charge is -2.20. The Kier molecular flexibility index (Phi) is 6.93. The fourth-order valence-electron chi connectivity index (χ4n) is 1.76. The molecule has 0 saturated carbocycles. The molecule has 21 heavy (non-hydrogen) atoms. The second-order valence-electron chi connectivity index (χ2n) is 4.50. The predicted molar refractivity (Wildman–Crippen MR) is 72.4 cm³/mol. The van der Waals surface area contributed by atoms with Gasteiger partial charge in [0, 0.05) is 19.2 Å². The molecule has 0 aliphatic heterocycles. The summed E-state index contributed by atoms with van der Waals surface area (Å²) < 4.78 is 26.0. The number of amides is 1. The van der Waals surface area contributed by atoms with Crippen LogP contribution in [0.15, 0.2) is 16.9 Å². The zero-order valence-electron chi connectivity index (χ0n) is 11.8. The van der Waals surface area contributed by atoms with Gasteiger partial charge in [0.25, 0.3) is 17.9 Å². The zero-order valence-corrected chi connectivity index (χ0v) is 11.8. The van der Waals surface area contributed by atoms with Crippen molar-refractivity contribution in [3.8, 4) is 0 Å². The predicted octanol–water partition coefficient (Wildman–Crippen LogP) is 0.743. The Labute approximate surface area is 121 Å². The smallest absolute Gasteiger partial charge is 0.274 e. The van der Waals surface area contributed by atoms with E-state index in [1.54, 1.807) is 0 Å². The van der Waals surface area contributed by atoms with Crippen molar-refractivity contribution in [2.24, 2.45) is 0 Å². The van der Waals surface area contributed by atoms with E-state index in [9.17, 15) is 18.4 Å². The van der Waals surface area contributed by atoms with E-state index in [1.807, 2.05) is 6.92 Å². The molecule has 118 valence electrons. The average molecular weight is 303 g/mol. The highest BCUT2D eigenvalue weighted by Gasteiger charge is 2.21. The van der Waals surface area contributed by atoms with Gasteiger partial charge in [0.15, 0.2) is 0 Å². The molecule has 0 unspecified atom stereocenters. The van der Waals surface area contributed by atoms with Crippen LogP contribution in [0.4, 0.5) is 8.78 Å². The molecule has 0 saturated heterocycles. The molecule has 0 fully saturated rings.